The molecule has 1 aromatic rings. The van der Waals surface area contributed by atoms with E-state index in [1.165, 1.54) is 5.56 Å². The molecule has 1 unspecified atom stereocenters. The minimum absolute atomic E-state index is 0.375. The Morgan fingerprint density at radius 3 is 2.50 bits per heavy atom. The van der Waals surface area contributed by atoms with E-state index in [0.717, 1.165) is 37.6 Å². The van der Waals surface area contributed by atoms with Gasteiger partial charge in [-0.25, -0.2) is 0 Å². The summed E-state index contributed by atoms with van der Waals surface area (Å²) in [5.74, 6) is 0. The van der Waals surface area contributed by atoms with Gasteiger partial charge in [-0.05, 0) is 58.3 Å². The fraction of sp³-hybridized carbons (Fsp3) is 0.625. The van der Waals surface area contributed by atoms with Gasteiger partial charge in [-0.15, -0.1) is 0 Å². The van der Waals surface area contributed by atoms with Crippen LogP contribution in [0.3, 0.4) is 0 Å². The van der Waals surface area contributed by atoms with Crippen LogP contribution in [0.4, 0.5) is 0 Å². The minimum atomic E-state index is 0.375. The summed E-state index contributed by atoms with van der Waals surface area (Å²) in [7, 11) is 6.41. The van der Waals surface area contributed by atoms with Crippen LogP contribution in [0.1, 0.15) is 24.9 Å². The standard InChI is InChI=1S/C16H28ClN3/c1-5-18-16(14-7-6-8-15(17)13-14)9-10-20(4)12-11-19(2)3/h6-8,13,16,18H,5,9-12H2,1-4H3. The number of hydrogen-bond donors (Lipinski definition) is 1. The van der Waals surface area contributed by atoms with Crippen molar-refractivity contribution in [3.05, 3.63) is 34.9 Å². The Morgan fingerprint density at radius 2 is 1.90 bits per heavy atom. The molecule has 4 heteroatoms. The van der Waals surface area contributed by atoms with Crippen LogP contribution in [-0.4, -0.2) is 57.1 Å². The van der Waals surface area contributed by atoms with Crippen LogP contribution in [0.15, 0.2) is 24.3 Å². The molecule has 1 atom stereocenters. The van der Waals surface area contributed by atoms with Crippen molar-refractivity contribution in [2.45, 2.75) is 19.4 Å². The summed E-state index contributed by atoms with van der Waals surface area (Å²) in [5, 5.41) is 4.36. The average Bonchev–Trinajstić information content (AvgIpc) is 2.41. The van der Waals surface area contributed by atoms with Crippen molar-refractivity contribution < 1.29 is 0 Å². The van der Waals surface area contributed by atoms with E-state index in [1.807, 2.05) is 12.1 Å². The van der Waals surface area contributed by atoms with Crippen LogP contribution in [0, 0.1) is 0 Å². The van der Waals surface area contributed by atoms with E-state index in [4.69, 9.17) is 11.6 Å². The van der Waals surface area contributed by atoms with Gasteiger partial charge in [0.2, 0.25) is 0 Å². The van der Waals surface area contributed by atoms with E-state index in [0.29, 0.717) is 6.04 Å². The maximum Gasteiger partial charge on any atom is 0.0409 e. The second kappa shape index (κ2) is 9.35. The minimum Gasteiger partial charge on any atom is -0.310 e. The molecule has 0 fully saturated rings. The van der Waals surface area contributed by atoms with Gasteiger partial charge in [0.15, 0.2) is 0 Å². The first-order chi connectivity index (χ1) is 9.52. The fourth-order valence-electron chi connectivity index (χ4n) is 2.19. The molecule has 0 spiro atoms. The SMILES string of the molecule is CCNC(CCN(C)CCN(C)C)c1cccc(Cl)c1. The first-order valence-electron chi connectivity index (χ1n) is 7.35. The highest BCUT2D eigenvalue weighted by atomic mass is 35.5. The molecule has 0 saturated heterocycles. The maximum atomic E-state index is 6.09. The van der Waals surface area contributed by atoms with Gasteiger partial charge in [-0.1, -0.05) is 30.7 Å². The largest absolute Gasteiger partial charge is 0.310 e. The summed E-state index contributed by atoms with van der Waals surface area (Å²) < 4.78 is 0. The topological polar surface area (TPSA) is 18.5 Å². The fourth-order valence-corrected chi connectivity index (χ4v) is 2.39. The van der Waals surface area contributed by atoms with Gasteiger partial charge < -0.3 is 15.1 Å². The molecule has 3 nitrogen and oxygen atoms in total. The quantitative estimate of drug-likeness (QED) is 0.756. The van der Waals surface area contributed by atoms with Gasteiger partial charge in [0.05, 0.1) is 0 Å². The third-order valence-corrected chi connectivity index (χ3v) is 3.67. The Labute approximate surface area is 128 Å². The number of benzene rings is 1. The van der Waals surface area contributed by atoms with Crippen LogP contribution in [0.5, 0.6) is 0 Å². The Morgan fingerprint density at radius 1 is 1.15 bits per heavy atom. The lowest BCUT2D eigenvalue weighted by Gasteiger charge is -2.24. The zero-order chi connectivity index (χ0) is 15.0. The number of hydrogen-bond acceptors (Lipinski definition) is 3. The molecule has 0 aliphatic rings. The molecule has 0 heterocycles. The molecular weight excluding hydrogens is 270 g/mol. The Balaban J connectivity index is 2.51. The van der Waals surface area contributed by atoms with E-state index in [2.05, 4.69) is 55.3 Å². The monoisotopic (exact) mass is 297 g/mol. The molecule has 1 N–H and O–H groups in total. The summed E-state index contributed by atoms with van der Waals surface area (Å²) in [4.78, 5) is 4.60. The van der Waals surface area contributed by atoms with Crippen molar-refractivity contribution in [1.82, 2.24) is 15.1 Å². The van der Waals surface area contributed by atoms with Gasteiger partial charge in [0.1, 0.15) is 0 Å². The van der Waals surface area contributed by atoms with Crippen molar-refractivity contribution in [3.8, 4) is 0 Å². The van der Waals surface area contributed by atoms with Crippen molar-refractivity contribution in [3.63, 3.8) is 0 Å². The lowest BCUT2D eigenvalue weighted by atomic mass is 10.0. The number of nitrogens with one attached hydrogen (secondary N) is 1. The van der Waals surface area contributed by atoms with Gasteiger partial charge in [-0.3, -0.25) is 0 Å². The Hall–Kier alpha value is -0.610. The highest BCUT2D eigenvalue weighted by Gasteiger charge is 2.11. The van der Waals surface area contributed by atoms with Gasteiger partial charge in [-0.2, -0.15) is 0 Å². The van der Waals surface area contributed by atoms with Gasteiger partial charge in [0, 0.05) is 24.2 Å². The van der Waals surface area contributed by atoms with Crippen molar-refractivity contribution >= 4 is 11.6 Å². The average molecular weight is 298 g/mol. The van der Waals surface area contributed by atoms with E-state index < -0.39 is 0 Å². The first kappa shape index (κ1) is 17.4. The molecule has 20 heavy (non-hydrogen) atoms. The van der Waals surface area contributed by atoms with Crippen LogP contribution >= 0.6 is 11.6 Å². The molecule has 0 aromatic heterocycles. The molecule has 1 aromatic carbocycles. The normalized spacial score (nSPS) is 13.2. The third-order valence-electron chi connectivity index (χ3n) is 3.43. The maximum absolute atomic E-state index is 6.09. The third kappa shape index (κ3) is 6.71. The molecule has 0 radical (unpaired) electrons. The smallest absolute Gasteiger partial charge is 0.0409 e. The van der Waals surface area contributed by atoms with E-state index >= 15 is 0 Å². The highest BCUT2D eigenvalue weighted by molar-refractivity contribution is 6.30. The molecule has 0 aliphatic carbocycles. The van der Waals surface area contributed by atoms with Gasteiger partial charge in [0.25, 0.3) is 0 Å². The Bertz CT molecular complexity index is 382. The molecule has 0 amide bonds. The summed E-state index contributed by atoms with van der Waals surface area (Å²) in [6.45, 7) is 6.39. The lowest BCUT2D eigenvalue weighted by molar-refractivity contribution is 0.268. The van der Waals surface area contributed by atoms with Crippen molar-refractivity contribution in [2.75, 3.05) is 47.3 Å². The van der Waals surface area contributed by atoms with Crippen LogP contribution in [0.25, 0.3) is 0 Å². The molecule has 0 bridgehead atoms. The zero-order valence-electron chi connectivity index (χ0n) is 13.2. The van der Waals surface area contributed by atoms with Crippen molar-refractivity contribution in [2.24, 2.45) is 0 Å². The first-order valence-corrected chi connectivity index (χ1v) is 7.72. The summed E-state index contributed by atoms with van der Waals surface area (Å²) >= 11 is 6.09. The number of nitrogens with zero attached hydrogens (tertiary/aromatic N) is 2. The Kier molecular flexibility index (Phi) is 8.15. The summed E-state index contributed by atoms with van der Waals surface area (Å²) in [6, 6.07) is 8.54. The lowest BCUT2D eigenvalue weighted by Crippen LogP contribution is -2.32. The zero-order valence-corrected chi connectivity index (χ0v) is 14.0. The molecule has 114 valence electrons. The second-order valence-electron chi connectivity index (χ2n) is 5.56. The molecular formula is C16H28ClN3. The van der Waals surface area contributed by atoms with Crippen LogP contribution < -0.4 is 5.32 Å². The van der Waals surface area contributed by atoms with Crippen molar-refractivity contribution in [1.29, 1.82) is 0 Å². The molecule has 0 aliphatic heterocycles. The van der Waals surface area contributed by atoms with Gasteiger partial charge >= 0.3 is 0 Å². The summed E-state index contributed by atoms with van der Waals surface area (Å²) in [6.07, 6.45) is 1.10. The molecule has 1 rings (SSSR count). The molecule has 0 saturated carbocycles. The van der Waals surface area contributed by atoms with E-state index in [1.54, 1.807) is 0 Å². The highest BCUT2D eigenvalue weighted by Crippen LogP contribution is 2.20. The number of halogens is 1. The van der Waals surface area contributed by atoms with Crippen LogP contribution in [-0.2, 0) is 0 Å². The number of rotatable bonds is 9. The summed E-state index contributed by atoms with van der Waals surface area (Å²) in [5.41, 5.74) is 1.28. The van der Waals surface area contributed by atoms with E-state index in [9.17, 15) is 0 Å². The predicted octanol–water partition coefficient (Wildman–Crippen LogP) is 2.87. The predicted molar refractivity (Wildman–Crippen MR) is 88.5 cm³/mol. The van der Waals surface area contributed by atoms with E-state index in [-0.39, 0.29) is 0 Å². The van der Waals surface area contributed by atoms with Crippen LogP contribution in [0.2, 0.25) is 5.02 Å². The number of likely N-dealkylation sites (N-methyl/N-ethyl adjacent to an activating group) is 2. The second-order valence-corrected chi connectivity index (χ2v) is 6.00.